The van der Waals surface area contributed by atoms with E-state index in [-0.39, 0.29) is 12.1 Å². The second-order valence-electron chi connectivity index (χ2n) is 9.29. The number of hydrogen-bond acceptors (Lipinski definition) is 2. The van der Waals surface area contributed by atoms with Crippen LogP contribution in [0.5, 0.6) is 0 Å². The van der Waals surface area contributed by atoms with Crippen molar-refractivity contribution in [2.24, 2.45) is 11.8 Å². The van der Waals surface area contributed by atoms with Gasteiger partial charge in [-0.05, 0) is 74.6 Å². The molecule has 0 radical (unpaired) electrons. The van der Waals surface area contributed by atoms with Gasteiger partial charge >= 0.3 is 6.09 Å². The van der Waals surface area contributed by atoms with Crippen LogP contribution in [0.4, 0.5) is 4.79 Å². The van der Waals surface area contributed by atoms with E-state index in [4.69, 9.17) is 0 Å². The van der Waals surface area contributed by atoms with Crippen LogP contribution in [-0.4, -0.2) is 46.2 Å². The van der Waals surface area contributed by atoms with E-state index in [1.54, 1.807) is 0 Å². The van der Waals surface area contributed by atoms with Gasteiger partial charge in [-0.25, -0.2) is 4.79 Å². The first-order valence-electron chi connectivity index (χ1n) is 11.1. The first kappa shape index (κ1) is 17.5. The van der Waals surface area contributed by atoms with Crippen molar-refractivity contribution in [1.29, 1.82) is 0 Å². The highest BCUT2D eigenvalue weighted by Gasteiger charge is 2.48. The summed E-state index contributed by atoms with van der Waals surface area (Å²) in [6.45, 7) is 2.32. The molecular weight excluding hydrogens is 336 g/mol. The van der Waals surface area contributed by atoms with Crippen molar-refractivity contribution >= 4 is 6.09 Å². The molecule has 3 unspecified atom stereocenters. The minimum Gasteiger partial charge on any atom is -0.465 e. The minimum atomic E-state index is -0.701. The molecule has 6 rings (SSSR count). The zero-order chi connectivity index (χ0) is 18.4. The number of hydrogen-bond donors (Lipinski definition) is 1. The first-order chi connectivity index (χ1) is 13.2. The SMILES string of the molecule is O=C(O)N1C(C2CC3CCN2CC3)Cc2ccccc2C1C1CCCCC1. The number of nitrogens with zero attached hydrogens (tertiary/aromatic N) is 2. The standard InChI is InChI=1S/C23H32N2O2/c26-23(27)25-21(20-14-16-10-12-24(20)13-11-16)15-18-8-4-5-9-19(18)22(25)17-6-2-1-3-7-17/h4-5,8-9,16-17,20-22H,1-3,6-7,10-15H2,(H,26,27). The topological polar surface area (TPSA) is 43.8 Å². The van der Waals surface area contributed by atoms with Crippen molar-refractivity contribution in [2.45, 2.75) is 75.9 Å². The number of piperidine rings is 3. The highest BCUT2D eigenvalue weighted by molar-refractivity contribution is 5.67. The van der Waals surface area contributed by atoms with Gasteiger partial charge in [0, 0.05) is 6.04 Å². The Morgan fingerprint density at radius 3 is 2.37 bits per heavy atom. The van der Waals surface area contributed by atoms with Gasteiger partial charge in [-0.2, -0.15) is 0 Å². The summed E-state index contributed by atoms with van der Waals surface area (Å²) in [5.74, 6) is 1.29. The number of carbonyl (C=O) groups is 1. The third-order valence-corrected chi connectivity index (χ3v) is 7.91. The second kappa shape index (κ2) is 7.12. The summed E-state index contributed by atoms with van der Waals surface area (Å²) < 4.78 is 0. The van der Waals surface area contributed by atoms with Crippen LogP contribution in [0.3, 0.4) is 0 Å². The molecule has 0 aromatic heterocycles. The van der Waals surface area contributed by atoms with Gasteiger partial charge in [0.1, 0.15) is 0 Å². The van der Waals surface area contributed by atoms with Crippen molar-refractivity contribution in [3.63, 3.8) is 0 Å². The fourth-order valence-corrected chi connectivity index (χ4v) is 6.61. The third-order valence-electron chi connectivity index (χ3n) is 7.91. The molecule has 146 valence electrons. The van der Waals surface area contributed by atoms with E-state index in [2.05, 4.69) is 29.2 Å². The van der Waals surface area contributed by atoms with Gasteiger partial charge in [-0.1, -0.05) is 43.5 Å². The molecule has 1 aliphatic carbocycles. The maximum absolute atomic E-state index is 12.6. The van der Waals surface area contributed by atoms with Gasteiger partial charge in [0.2, 0.25) is 0 Å². The molecular formula is C23H32N2O2. The molecule has 4 nitrogen and oxygen atoms in total. The number of fused-ring (bicyclic) bond motifs is 4. The summed E-state index contributed by atoms with van der Waals surface area (Å²) in [6, 6.07) is 9.28. The molecule has 4 heterocycles. The van der Waals surface area contributed by atoms with Crippen LogP contribution < -0.4 is 0 Å². The smallest absolute Gasteiger partial charge is 0.408 e. The van der Waals surface area contributed by atoms with E-state index in [1.165, 1.54) is 62.5 Å². The fourth-order valence-electron chi connectivity index (χ4n) is 6.61. The molecule has 1 aromatic carbocycles. The zero-order valence-corrected chi connectivity index (χ0v) is 16.2. The third kappa shape index (κ3) is 3.06. The second-order valence-corrected chi connectivity index (χ2v) is 9.29. The van der Waals surface area contributed by atoms with Crippen LogP contribution in [0.1, 0.15) is 68.5 Å². The molecule has 1 aromatic rings. The predicted molar refractivity (Wildman–Crippen MR) is 106 cm³/mol. The number of rotatable bonds is 2. The Morgan fingerprint density at radius 2 is 1.70 bits per heavy atom. The van der Waals surface area contributed by atoms with Gasteiger partial charge in [0.05, 0.1) is 12.1 Å². The average Bonchev–Trinajstić information content (AvgIpc) is 2.73. The summed E-state index contributed by atoms with van der Waals surface area (Å²) in [5, 5.41) is 10.3. The Labute approximate surface area is 162 Å². The van der Waals surface area contributed by atoms with E-state index in [0.29, 0.717) is 12.0 Å². The molecule has 1 saturated carbocycles. The van der Waals surface area contributed by atoms with Gasteiger partial charge in [0.15, 0.2) is 0 Å². The molecule has 4 aliphatic heterocycles. The zero-order valence-electron chi connectivity index (χ0n) is 16.2. The largest absolute Gasteiger partial charge is 0.465 e. The molecule has 0 spiro atoms. The van der Waals surface area contributed by atoms with Gasteiger partial charge in [-0.3, -0.25) is 9.80 Å². The molecule has 3 atom stereocenters. The average molecular weight is 369 g/mol. The van der Waals surface area contributed by atoms with E-state index >= 15 is 0 Å². The summed E-state index contributed by atoms with van der Waals surface area (Å²) >= 11 is 0. The van der Waals surface area contributed by atoms with Crippen molar-refractivity contribution in [2.75, 3.05) is 13.1 Å². The maximum Gasteiger partial charge on any atom is 0.408 e. The number of amides is 1. The van der Waals surface area contributed by atoms with Crippen LogP contribution >= 0.6 is 0 Å². The normalized spacial score (nSPS) is 36.4. The van der Waals surface area contributed by atoms with Crippen LogP contribution in [0, 0.1) is 11.8 Å². The maximum atomic E-state index is 12.6. The van der Waals surface area contributed by atoms with Crippen LogP contribution in [0.25, 0.3) is 0 Å². The number of carboxylic acid groups (broad SMARTS) is 1. The van der Waals surface area contributed by atoms with Gasteiger partial charge in [0.25, 0.3) is 0 Å². The lowest BCUT2D eigenvalue weighted by Gasteiger charge is -2.54. The van der Waals surface area contributed by atoms with E-state index in [9.17, 15) is 9.90 Å². The molecule has 1 N–H and O–H groups in total. The number of benzene rings is 1. The lowest BCUT2D eigenvalue weighted by atomic mass is 9.72. The summed E-state index contributed by atoms with van der Waals surface area (Å²) in [5.41, 5.74) is 2.69. The van der Waals surface area contributed by atoms with Gasteiger partial charge in [-0.15, -0.1) is 0 Å². The molecule has 3 saturated heterocycles. The Morgan fingerprint density at radius 1 is 0.963 bits per heavy atom. The van der Waals surface area contributed by atoms with Crippen LogP contribution in [0.2, 0.25) is 0 Å². The van der Waals surface area contributed by atoms with Crippen LogP contribution in [0.15, 0.2) is 24.3 Å². The van der Waals surface area contributed by atoms with Crippen LogP contribution in [-0.2, 0) is 6.42 Å². The van der Waals surface area contributed by atoms with E-state index < -0.39 is 6.09 Å². The summed E-state index contributed by atoms with van der Waals surface area (Å²) in [7, 11) is 0. The highest BCUT2D eigenvalue weighted by Crippen LogP contribution is 2.46. The quantitative estimate of drug-likeness (QED) is 0.823. The van der Waals surface area contributed by atoms with Gasteiger partial charge < -0.3 is 5.11 Å². The Hall–Kier alpha value is -1.55. The van der Waals surface area contributed by atoms with E-state index in [0.717, 1.165) is 25.4 Å². The fraction of sp³-hybridized carbons (Fsp3) is 0.696. The molecule has 27 heavy (non-hydrogen) atoms. The van der Waals surface area contributed by atoms with Crippen molar-refractivity contribution in [3.8, 4) is 0 Å². The first-order valence-corrected chi connectivity index (χ1v) is 11.1. The Kier molecular flexibility index (Phi) is 4.63. The Balaban J connectivity index is 1.54. The predicted octanol–water partition coefficient (Wildman–Crippen LogP) is 4.70. The Bertz CT molecular complexity index is 691. The molecule has 4 fully saturated rings. The van der Waals surface area contributed by atoms with Crippen molar-refractivity contribution < 1.29 is 9.90 Å². The lowest BCUT2D eigenvalue weighted by molar-refractivity contribution is -0.0288. The molecule has 5 aliphatic rings. The van der Waals surface area contributed by atoms with Crippen molar-refractivity contribution in [1.82, 2.24) is 9.80 Å². The molecule has 4 heteroatoms. The monoisotopic (exact) mass is 368 g/mol. The minimum absolute atomic E-state index is 0.0550. The lowest BCUT2D eigenvalue weighted by Crippen LogP contribution is -2.62. The van der Waals surface area contributed by atoms with E-state index in [1.807, 2.05) is 4.90 Å². The molecule has 1 amide bonds. The highest BCUT2D eigenvalue weighted by atomic mass is 16.4. The van der Waals surface area contributed by atoms with Crippen molar-refractivity contribution in [3.05, 3.63) is 35.4 Å². The molecule has 2 bridgehead atoms. The summed E-state index contributed by atoms with van der Waals surface area (Å²) in [4.78, 5) is 17.1. The summed E-state index contributed by atoms with van der Waals surface area (Å²) in [6.07, 6.45) is 10.1.